The third kappa shape index (κ3) is 1.89. The van der Waals surface area contributed by atoms with Gasteiger partial charge >= 0.3 is 0 Å². The lowest BCUT2D eigenvalue weighted by Crippen LogP contribution is -1.99. The van der Waals surface area contributed by atoms with Crippen molar-refractivity contribution >= 4 is 32.6 Å². The Labute approximate surface area is 124 Å². The number of nitrogens with zero attached hydrogens (tertiary/aromatic N) is 4. The van der Waals surface area contributed by atoms with Crippen LogP contribution in [-0.2, 0) is 6.42 Å². The molecule has 0 N–H and O–H groups in total. The molecule has 0 unspecified atom stereocenters. The van der Waals surface area contributed by atoms with Crippen LogP contribution in [0.3, 0.4) is 0 Å². The zero-order valence-corrected chi connectivity index (χ0v) is 11.8. The van der Waals surface area contributed by atoms with E-state index in [2.05, 4.69) is 22.1 Å². The van der Waals surface area contributed by atoms with Gasteiger partial charge in [-0.3, -0.25) is 4.57 Å². The molecule has 2 aromatic carbocycles. The Morgan fingerprint density at radius 3 is 2.57 bits per heavy atom. The maximum atomic E-state index is 9.04. The van der Waals surface area contributed by atoms with Crippen LogP contribution in [0.1, 0.15) is 5.82 Å². The molecule has 0 bridgehead atoms. The highest BCUT2D eigenvalue weighted by Crippen LogP contribution is 2.28. The number of fused-ring (bicyclic) bond motifs is 2. The van der Waals surface area contributed by atoms with Gasteiger partial charge < -0.3 is 0 Å². The molecular formula is C16H10N4S. The number of hydrogen-bond donors (Lipinski definition) is 0. The molecule has 0 amide bonds. The van der Waals surface area contributed by atoms with E-state index in [1.54, 1.807) is 11.3 Å². The van der Waals surface area contributed by atoms with E-state index in [1.807, 2.05) is 47.0 Å². The molecular weight excluding hydrogens is 280 g/mol. The molecule has 0 aliphatic rings. The minimum absolute atomic E-state index is 0.268. The molecule has 0 atom stereocenters. The molecule has 4 nitrogen and oxygen atoms in total. The highest BCUT2D eigenvalue weighted by Gasteiger charge is 2.15. The Morgan fingerprint density at radius 1 is 1.00 bits per heavy atom. The summed E-state index contributed by atoms with van der Waals surface area (Å²) in [7, 11) is 0. The third-order valence-corrected chi connectivity index (χ3v) is 4.36. The fourth-order valence-electron chi connectivity index (χ4n) is 2.43. The number of thiazole rings is 1. The number of imidazole rings is 1. The standard InChI is InChI=1S/C16H10N4S/c17-10-9-15-18-11-5-1-3-7-13(11)20(15)16-19-12-6-2-4-8-14(12)21-16/h1-8H,9H2. The number of aromatic nitrogens is 3. The molecule has 0 saturated heterocycles. The molecule has 0 aliphatic carbocycles. The summed E-state index contributed by atoms with van der Waals surface area (Å²) < 4.78 is 3.12. The molecule has 0 radical (unpaired) electrons. The van der Waals surface area contributed by atoms with E-state index in [9.17, 15) is 0 Å². The van der Waals surface area contributed by atoms with Crippen molar-refractivity contribution < 1.29 is 0 Å². The zero-order chi connectivity index (χ0) is 14.2. The second kappa shape index (κ2) is 4.69. The molecule has 21 heavy (non-hydrogen) atoms. The van der Waals surface area contributed by atoms with Crippen molar-refractivity contribution in [1.82, 2.24) is 14.5 Å². The highest BCUT2D eigenvalue weighted by atomic mass is 32.1. The van der Waals surface area contributed by atoms with Crippen molar-refractivity contribution in [3.63, 3.8) is 0 Å². The van der Waals surface area contributed by atoms with E-state index < -0.39 is 0 Å². The molecule has 0 spiro atoms. The summed E-state index contributed by atoms with van der Waals surface area (Å²) in [6.07, 6.45) is 0.268. The van der Waals surface area contributed by atoms with Gasteiger partial charge in [-0.25, -0.2) is 9.97 Å². The van der Waals surface area contributed by atoms with E-state index in [-0.39, 0.29) is 6.42 Å². The second-order valence-electron chi connectivity index (χ2n) is 4.65. The maximum absolute atomic E-state index is 9.04. The van der Waals surface area contributed by atoms with Crippen molar-refractivity contribution in [1.29, 1.82) is 5.26 Å². The Morgan fingerprint density at radius 2 is 1.76 bits per heavy atom. The van der Waals surface area contributed by atoms with Crippen LogP contribution in [0.25, 0.3) is 26.4 Å². The van der Waals surface area contributed by atoms with Crippen LogP contribution >= 0.6 is 11.3 Å². The van der Waals surface area contributed by atoms with Crippen LogP contribution in [0.4, 0.5) is 0 Å². The summed E-state index contributed by atoms with van der Waals surface area (Å²) in [6.45, 7) is 0. The van der Waals surface area contributed by atoms with E-state index >= 15 is 0 Å². The molecule has 2 heterocycles. The summed E-state index contributed by atoms with van der Waals surface area (Å²) in [6, 6.07) is 18.1. The molecule has 0 saturated carbocycles. The van der Waals surface area contributed by atoms with Crippen LogP contribution in [0.5, 0.6) is 0 Å². The minimum Gasteiger partial charge on any atom is -0.271 e. The topological polar surface area (TPSA) is 54.5 Å². The van der Waals surface area contributed by atoms with Crippen molar-refractivity contribution in [2.45, 2.75) is 6.42 Å². The number of nitriles is 1. The fraction of sp³-hybridized carbons (Fsp3) is 0.0625. The molecule has 4 rings (SSSR count). The molecule has 2 aromatic heterocycles. The maximum Gasteiger partial charge on any atom is 0.196 e. The average Bonchev–Trinajstić information content (AvgIpc) is 3.07. The third-order valence-electron chi connectivity index (χ3n) is 3.34. The number of benzene rings is 2. The van der Waals surface area contributed by atoms with E-state index in [0.717, 1.165) is 32.2 Å². The van der Waals surface area contributed by atoms with Crippen molar-refractivity contribution in [2.24, 2.45) is 0 Å². The Kier molecular flexibility index (Phi) is 2.69. The quantitative estimate of drug-likeness (QED) is 0.565. The molecule has 0 aliphatic heterocycles. The zero-order valence-electron chi connectivity index (χ0n) is 11.0. The summed E-state index contributed by atoms with van der Waals surface area (Å²) in [5, 5.41) is 9.89. The molecule has 5 heteroatoms. The van der Waals surface area contributed by atoms with Gasteiger partial charge in [0.05, 0.1) is 33.7 Å². The number of hydrogen-bond acceptors (Lipinski definition) is 4. The predicted molar refractivity (Wildman–Crippen MR) is 83.6 cm³/mol. The second-order valence-corrected chi connectivity index (χ2v) is 5.66. The lowest BCUT2D eigenvalue weighted by Gasteiger charge is -2.02. The number of para-hydroxylation sites is 3. The smallest absolute Gasteiger partial charge is 0.196 e. The van der Waals surface area contributed by atoms with Crippen LogP contribution in [0, 0.1) is 11.3 Å². The van der Waals surface area contributed by atoms with Crippen LogP contribution in [0.2, 0.25) is 0 Å². The Hall–Kier alpha value is -2.71. The highest BCUT2D eigenvalue weighted by molar-refractivity contribution is 7.20. The van der Waals surface area contributed by atoms with Gasteiger partial charge in [0.25, 0.3) is 0 Å². The summed E-state index contributed by atoms with van der Waals surface area (Å²) in [5.41, 5.74) is 2.85. The summed E-state index contributed by atoms with van der Waals surface area (Å²) >= 11 is 1.61. The molecule has 0 fully saturated rings. The van der Waals surface area contributed by atoms with E-state index in [1.165, 1.54) is 0 Å². The van der Waals surface area contributed by atoms with Crippen molar-refractivity contribution in [3.05, 3.63) is 54.4 Å². The van der Waals surface area contributed by atoms with Crippen LogP contribution in [0.15, 0.2) is 48.5 Å². The van der Waals surface area contributed by atoms with Gasteiger partial charge in [0.15, 0.2) is 5.13 Å². The lowest BCUT2D eigenvalue weighted by molar-refractivity contribution is 0.947. The van der Waals surface area contributed by atoms with Gasteiger partial charge in [0.1, 0.15) is 5.82 Å². The normalized spacial score (nSPS) is 11.0. The summed E-state index contributed by atoms with van der Waals surface area (Å²) in [5.74, 6) is 0.734. The first kappa shape index (κ1) is 12.1. The summed E-state index contributed by atoms with van der Waals surface area (Å²) in [4.78, 5) is 9.24. The van der Waals surface area contributed by atoms with Gasteiger partial charge in [-0.15, -0.1) is 0 Å². The largest absolute Gasteiger partial charge is 0.271 e. The molecule has 100 valence electrons. The monoisotopic (exact) mass is 290 g/mol. The van der Waals surface area contributed by atoms with Crippen molar-refractivity contribution in [2.75, 3.05) is 0 Å². The SMILES string of the molecule is N#CCc1nc2ccccc2n1-c1nc2ccccc2s1. The molecule has 4 aromatic rings. The van der Waals surface area contributed by atoms with Gasteiger partial charge in [-0.2, -0.15) is 5.26 Å². The van der Waals surface area contributed by atoms with Crippen molar-refractivity contribution in [3.8, 4) is 11.2 Å². The first-order valence-corrected chi connectivity index (χ1v) is 7.38. The minimum atomic E-state index is 0.268. The Balaban J connectivity index is 2.04. The lowest BCUT2D eigenvalue weighted by atomic mass is 10.3. The van der Waals surface area contributed by atoms with Gasteiger partial charge in [0, 0.05) is 0 Å². The van der Waals surface area contributed by atoms with E-state index in [0.29, 0.717) is 0 Å². The fourth-order valence-corrected chi connectivity index (χ4v) is 3.43. The van der Waals surface area contributed by atoms with Crippen LogP contribution < -0.4 is 0 Å². The average molecular weight is 290 g/mol. The van der Waals surface area contributed by atoms with Gasteiger partial charge in [0.2, 0.25) is 0 Å². The van der Waals surface area contributed by atoms with E-state index in [4.69, 9.17) is 5.26 Å². The predicted octanol–water partition coefficient (Wildman–Crippen LogP) is 3.70. The Bertz CT molecular complexity index is 957. The van der Waals surface area contributed by atoms with Gasteiger partial charge in [-0.05, 0) is 24.3 Å². The first-order chi connectivity index (χ1) is 10.4. The van der Waals surface area contributed by atoms with Crippen LogP contribution in [-0.4, -0.2) is 14.5 Å². The first-order valence-electron chi connectivity index (χ1n) is 6.56. The van der Waals surface area contributed by atoms with Gasteiger partial charge in [-0.1, -0.05) is 35.6 Å². The number of rotatable bonds is 2.